The van der Waals surface area contributed by atoms with Gasteiger partial charge in [-0.2, -0.15) is 0 Å². The van der Waals surface area contributed by atoms with Gasteiger partial charge in [0.25, 0.3) is 0 Å². The van der Waals surface area contributed by atoms with E-state index in [-0.39, 0.29) is 35.5 Å². The lowest BCUT2D eigenvalue weighted by molar-refractivity contribution is -0.140. The van der Waals surface area contributed by atoms with Crippen LogP contribution in [0.4, 0.5) is 8.78 Å². The average Bonchev–Trinajstić information content (AvgIpc) is 2.97. The van der Waals surface area contributed by atoms with E-state index in [0.29, 0.717) is 16.9 Å². The smallest absolute Gasteiger partial charge is 0.336 e. The number of carbonyl (C=O) groups is 3. The lowest BCUT2D eigenvalue weighted by Gasteiger charge is -2.10. The van der Waals surface area contributed by atoms with Crippen molar-refractivity contribution in [2.75, 3.05) is 0 Å². The van der Waals surface area contributed by atoms with Crippen LogP contribution in [0.1, 0.15) is 30.5 Å². The molecule has 0 aliphatic heterocycles. The summed E-state index contributed by atoms with van der Waals surface area (Å²) in [6.07, 6.45) is 2.67. The van der Waals surface area contributed by atoms with Gasteiger partial charge in [0.15, 0.2) is 17.4 Å². The molecule has 42 heavy (non-hydrogen) atoms. The van der Waals surface area contributed by atoms with Gasteiger partial charge in [-0.15, -0.1) is 0 Å². The maximum atomic E-state index is 14.9. The van der Waals surface area contributed by atoms with Crippen LogP contribution in [0, 0.1) is 11.6 Å². The molecule has 0 atom stereocenters. The average molecular weight is 567 g/mol. The largest absolute Gasteiger partial charge is 0.457 e. The zero-order valence-electron chi connectivity index (χ0n) is 23.2. The van der Waals surface area contributed by atoms with Gasteiger partial charge < -0.3 is 9.47 Å². The summed E-state index contributed by atoms with van der Waals surface area (Å²) in [7, 11) is 0. The molecule has 4 aromatic rings. The molecule has 0 aromatic heterocycles. The number of allylic oxidation sites excluding steroid dienone is 1. The molecule has 0 radical (unpaired) electrons. The second kappa shape index (κ2) is 13.0. The molecule has 0 aliphatic rings. The fourth-order valence-electron chi connectivity index (χ4n) is 4.05. The number of carbonyl (C=O) groups excluding carboxylic acids is 3. The number of esters is 2. The molecule has 5 nitrogen and oxygen atoms in total. The third-order valence-corrected chi connectivity index (χ3v) is 6.44. The molecule has 0 fully saturated rings. The molecule has 0 saturated heterocycles. The van der Waals surface area contributed by atoms with E-state index in [9.17, 15) is 23.2 Å². The van der Waals surface area contributed by atoms with Gasteiger partial charge in [-0.25, -0.2) is 18.4 Å². The minimum atomic E-state index is -1.05. The quantitative estimate of drug-likeness (QED) is 0.112. The number of hydrogen-bond donors (Lipinski definition) is 0. The number of fused-ring (bicyclic) bond motifs is 1. The van der Waals surface area contributed by atoms with Crippen molar-refractivity contribution in [3.63, 3.8) is 0 Å². The molecular formula is C35H28F2O5. The fourth-order valence-corrected chi connectivity index (χ4v) is 4.05. The monoisotopic (exact) mass is 566 g/mol. The second-order valence-electron chi connectivity index (χ2n) is 9.86. The van der Waals surface area contributed by atoms with Gasteiger partial charge in [0.05, 0.1) is 0 Å². The maximum Gasteiger partial charge on any atom is 0.336 e. The molecule has 0 N–H and O–H groups in total. The number of Topliss-reactive ketones (excluding diaryl/α,β-unsaturated/α-hetero) is 1. The number of rotatable bonds is 10. The standard InChI is InChI=1S/C35H28F2O5/c1-21(2)31(38)19-28-12-15-30(34(37)33(28)36)27-11-10-25-17-23(5-9-26(25)18-27)8-16-32(39)42-29-13-6-24(7-14-29)20-41-35(40)22(3)4/h5-18H,1,3,19-20H2,2,4H3/b16-8+. The Morgan fingerprint density at radius 2 is 1.50 bits per heavy atom. The fraction of sp³-hybridized carbons (Fsp3) is 0.114. The van der Waals surface area contributed by atoms with Gasteiger partial charge in [-0.1, -0.05) is 61.7 Å². The van der Waals surface area contributed by atoms with Crippen LogP contribution in [0.2, 0.25) is 0 Å². The molecule has 0 bridgehead atoms. The van der Waals surface area contributed by atoms with Crippen LogP contribution < -0.4 is 4.74 Å². The highest BCUT2D eigenvalue weighted by atomic mass is 19.2. The van der Waals surface area contributed by atoms with E-state index in [1.165, 1.54) is 25.1 Å². The zero-order chi connectivity index (χ0) is 30.4. The van der Waals surface area contributed by atoms with Crippen molar-refractivity contribution in [3.8, 4) is 16.9 Å². The van der Waals surface area contributed by atoms with Gasteiger partial charge in [-0.3, -0.25) is 4.79 Å². The Balaban J connectivity index is 1.42. The molecule has 7 heteroatoms. The highest BCUT2D eigenvalue weighted by Crippen LogP contribution is 2.30. The molecule has 4 rings (SSSR count). The predicted octanol–water partition coefficient (Wildman–Crippen LogP) is 7.71. The van der Waals surface area contributed by atoms with Gasteiger partial charge in [0.1, 0.15) is 12.4 Å². The van der Waals surface area contributed by atoms with Crippen molar-refractivity contribution in [1.29, 1.82) is 0 Å². The van der Waals surface area contributed by atoms with E-state index in [1.54, 1.807) is 61.5 Å². The van der Waals surface area contributed by atoms with Crippen molar-refractivity contribution >= 4 is 34.6 Å². The first-order valence-electron chi connectivity index (χ1n) is 13.0. The summed E-state index contributed by atoms with van der Waals surface area (Å²) in [5, 5.41) is 1.63. The first-order valence-corrected chi connectivity index (χ1v) is 13.0. The Morgan fingerprint density at radius 3 is 2.19 bits per heavy atom. The number of ether oxygens (including phenoxy) is 2. The van der Waals surface area contributed by atoms with Gasteiger partial charge >= 0.3 is 11.9 Å². The Hall–Kier alpha value is -5.17. The SMILES string of the molecule is C=C(C)C(=O)Cc1ccc(-c2ccc3cc(/C=C/C(=O)Oc4ccc(COC(=O)C(=C)C)cc4)ccc3c2)c(F)c1F. The summed E-state index contributed by atoms with van der Waals surface area (Å²) in [4.78, 5) is 35.7. The number of halogens is 2. The first-order chi connectivity index (χ1) is 20.0. The Morgan fingerprint density at radius 1 is 0.810 bits per heavy atom. The van der Waals surface area contributed by atoms with E-state index in [1.807, 2.05) is 12.1 Å². The molecule has 0 heterocycles. The highest BCUT2D eigenvalue weighted by molar-refractivity contribution is 5.96. The van der Waals surface area contributed by atoms with Crippen LogP contribution in [0.5, 0.6) is 5.75 Å². The molecule has 0 spiro atoms. The van der Waals surface area contributed by atoms with Gasteiger partial charge in [-0.05, 0) is 82.8 Å². The van der Waals surface area contributed by atoms with Crippen molar-refractivity contribution in [1.82, 2.24) is 0 Å². The summed E-state index contributed by atoms with van der Waals surface area (Å²) in [6, 6.07) is 20.2. The summed E-state index contributed by atoms with van der Waals surface area (Å²) in [6.45, 7) is 10.3. The van der Waals surface area contributed by atoms with Gasteiger partial charge in [0, 0.05) is 23.6 Å². The third-order valence-electron chi connectivity index (χ3n) is 6.44. The number of hydrogen-bond acceptors (Lipinski definition) is 5. The predicted molar refractivity (Wildman–Crippen MR) is 159 cm³/mol. The first kappa shape index (κ1) is 29.8. The summed E-state index contributed by atoms with van der Waals surface area (Å²) < 4.78 is 40.0. The van der Waals surface area contributed by atoms with E-state index in [2.05, 4.69) is 13.2 Å². The van der Waals surface area contributed by atoms with Crippen molar-refractivity contribution in [2.24, 2.45) is 0 Å². The molecular weight excluding hydrogens is 538 g/mol. The minimum Gasteiger partial charge on any atom is -0.457 e. The summed E-state index contributed by atoms with van der Waals surface area (Å²) >= 11 is 0. The van der Waals surface area contributed by atoms with Crippen molar-refractivity contribution in [3.05, 3.63) is 132 Å². The topological polar surface area (TPSA) is 69.7 Å². The van der Waals surface area contributed by atoms with E-state index >= 15 is 0 Å². The third kappa shape index (κ3) is 7.31. The van der Waals surface area contributed by atoms with Crippen LogP contribution in [-0.2, 0) is 32.1 Å². The van der Waals surface area contributed by atoms with Crippen LogP contribution in [-0.4, -0.2) is 17.7 Å². The Labute approximate surface area is 242 Å². The Kier molecular flexibility index (Phi) is 9.22. The van der Waals surface area contributed by atoms with E-state index in [4.69, 9.17) is 9.47 Å². The molecule has 4 aromatic carbocycles. The molecule has 0 amide bonds. The van der Waals surface area contributed by atoms with Crippen molar-refractivity contribution < 1.29 is 32.6 Å². The maximum absolute atomic E-state index is 14.9. The highest BCUT2D eigenvalue weighted by Gasteiger charge is 2.17. The summed E-state index contributed by atoms with van der Waals surface area (Å²) in [5.41, 5.74) is 2.64. The zero-order valence-corrected chi connectivity index (χ0v) is 23.2. The Bertz CT molecular complexity index is 1750. The van der Waals surface area contributed by atoms with E-state index in [0.717, 1.165) is 21.9 Å². The van der Waals surface area contributed by atoms with Crippen LogP contribution in [0.25, 0.3) is 28.0 Å². The molecule has 0 unspecified atom stereocenters. The van der Waals surface area contributed by atoms with E-state index < -0.39 is 23.6 Å². The normalized spacial score (nSPS) is 11.0. The second-order valence-corrected chi connectivity index (χ2v) is 9.86. The van der Waals surface area contributed by atoms with Crippen LogP contribution in [0.3, 0.4) is 0 Å². The minimum absolute atomic E-state index is 0.0152. The molecule has 212 valence electrons. The van der Waals surface area contributed by atoms with Gasteiger partial charge in [0.2, 0.25) is 0 Å². The summed E-state index contributed by atoms with van der Waals surface area (Å²) in [5.74, 6) is -3.12. The van der Waals surface area contributed by atoms with Crippen molar-refractivity contribution in [2.45, 2.75) is 26.9 Å². The lowest BCUT2D eigenvalue weighted by Crippen LogP contribution is -2.06. The molecule has 0 aliphatic carbocycles. The van der Waals surface area contributed by atoms with Crippen LogP contribution in [0.15, 0.2) is 103 Å². The number of ketones is 1. The van der Waals surface area contributed by atoms with Crippen LogP contribution >= 0.6 is 0 Å². The number of benzene rings is 4. The lowest BCUT2D eigenvalue weighted by atomic mass is 9.96. The molecule has 0 saturated carbocycles.